The number of nitrogens with one attached hydrogen (secondary N) is 1. The minimum absolute atomic E-state index is 0.111. The fraction of sp³-hybridized carbons (Fsp3) is 0.222. The van der Waals surface area contributed by atoms with Crippen molar-refractivity contribution in [3.63, 3.8) is 0 Å². The molecule has 2 aromatic heterocycles. The number of rotatable bonds is 4. The molecule has 0 atom stereocenters. The van der Waals surface area contributed by atoms with Gasteiger partial charge in [-0.1, -0.05) is 0 Å². The summed E-state index contributed by atoms with van der Waals surface area (Å²) in [5.74, 6) is -0.824. The number of sulfonamides is 1. The molecule has 0 saturated heterocycles. The number of carboxylic acids is 1. The number of aromatic carboxylic acids is 1. The Balaban J connectivity index is 2.45. The van der Waals surface area contributed by atoms with Gasteiger partial charge in [-0.2, -0.15) is 4.37 Å². The lowest BCUT2D eigenvalue weighted by Gasteiger charge is -2.05. The predicted octanol–water partition coefficient (Wildman–Crippen LogP) is 1.72. The maximum atomic E-state index is 12.2. The predicted molar refractivity (Wildman–Crippen MR) is 71.5 cm³/mol. The van der Waals surface area contributed by atoms with Crippen LogP contribution in [0.4, 0.5) is 5.13 Å². The van der Waals surface area contributed by atoms with Crippen LogP contribution < -0.4 is 4.72 Å². The third-order valence-electron chi connectivity index (χ3n) is 2.13. The average Bonchev–Trinajstić information content (AvgIpc) is 2.84. The smallest absolute Gasteiger partial charge is 0.347 e. The molecule has 7 nitrogen and oxygen atoms in total. The van der Waals surface area contributed by atoms with Gasteiger partial charge in [-0.25, -0.2) is 18.2 Å². The highest BCUT2D eigenvalue weighted by molar-refractivity contribution is 7.93. The van der Waals surface area contributed by atoms with Crippen LogP contribution in [0.3, 0.4) is 0 Å². The first-order valence-corrected chi connectivity index (χ1v) is 8.09. The third-order valence-corrected chi connectivity index (χ3v) is 5.72. The first-order chi connectivity index (χ1) is 8.81. The summed E-state index contributed by atoms with van der Waals surface area (Å²) in [7, 11) is -3.98. The van der Waals surface area contributed by atoms with Gasteiger partial charge >= 0.3 is 5.97 Å². The molecular weight excluding hydrogens is 310 g/mol. The van der Waals surface area contributed by atoms with Crippen molar-refractivity contribution < 1.29 is 18.3 Å². The van der Waals surface area contributed by atoms with Crippen LogP contribution in [0, 0.1) is 13.8 Å². The Morgan fingerprint density at radius 1 is 1.42 bits per heavy atom. The molecule has 0 unspecified atom stereocenters. The Labute approximate surface area is 117 Å². The Bertz CT molecular complexity index is 732. The van der Waals surface area contributed by atoms with Crippen molar-refractivity contribution in [3.05, 3.63) is 21.6 Å². The zero-order valence-corrected chi connectivity index (χ0v) is 12.3. The maximum Gasteiger partial charge on any atom is 0.347 e. The zero-order valence-electron chi connectivity index (χ0n) is 9.87. The van der Waals surface area contributed by atoms with E-state index in [1.165, 1.54) is 5.38 Å². The molecule has 0 spiro atoms. The van der Waals surface area contributed by atoms with Gasteiger partial charge in [0.2, 0.25) is 5.13 Å². The lowest BCUT2D eigenvalue weighted by atomic mass is 10.3. The van der Waals surface area contributed by atoms with Gasteiger partial charge in [-0.3, -0.25) is 4.72 Å². The van der Waals surface area contributed by atoms with Crippen LogP contribution in [0.1, 0.15) is 21.1 Å². The van der Waals surface area contributed by atoms with Gasteiger partial charge < -0.3 is 5.11 Å². The topological polar surface area (TPSA) is 109 Å². The second-order valence-corrected chi connectivity index (χ2v) is 6.89. The number of nitrogens with zero attached hydrogens (tertiary/aromatic N) is 2. The van der Waals surface area contributed by atoms with Crippen LogP contribution in [-0.2, 0) is 10.0 Å². The summed E-state index contributed by atoms with van der Waals surface area (Å²) in [4.78, 5) is 14.5. The van der Waals surface area contributed by atoms with Gasteiger partial charge in [-0.05, 0) is 24.8 Å². The summed E-state index contributed by atoms with van der Waals surface area (Å²) in [5, 5.41) is 10.6. The number of aryl methyl sites for hydroxylation is 2. The maximum absolute atomic E-state index is 12.2. The van der Waals surface area contributed by atoms with Crippen LogP contribution in [0.5, 0.6) is 0 Å². The van der Waals surface area contributed by atoms with E-state index in [9.17, 15) is 13.2 Å². The second-order valence-electron chi connectivity index (χ2n) is 3.63. The van der Waals surface area contributed by atoms with Crippen molar-refractivity contribution in [3.8, 4) is 0 Å². The molecule has 0 bridgehead atoms. The van der Waals surface area contributed by atoms with E-state index in [0.717, 1.165) is 22.9 Å². The number of carboxylic acid groups (broad SMARTS) is 1. The van der Waals surface area contributed by atoms with E-state index in [4.69, 9.17) is 5.11 Å². The Morgan fingerprint density at radius 3 is 2.63 bits per heavy atom. The summed E-state index contributed by atoms with van der Waals surface area (Å²) in [6, 6.07) is 0. The standard InChI is InChI=1S/C9H9N3O4S3/c1-4-3-17-6(8(13)14)7(4)19(15,16)12-9-10-5(2)11-18-9/h3H,1-2H3,(H,13,14)(H,10,11,12). The summed E-state index contributed by atoms with van der Waals surface area (Å²) < 4.78 is 30.5. The molecule has 0 aliphatic rings. The first-order valence-electron chi connectivity index (χ1n) is 4.96. The van der Waals surface area contributed by atoms with Crippen LogP contribution in [-0.4, -0.2) is 28.9 Å². The molecule has 0 saturated carbocycles. The molecule has 2 rings (SSSR count). The first kappa shape index (κ1) is 13.9. The molecule has 0 fully saturated rings. The Kier molecular flexibility index (Phi) is 3.56. The van der Waals surface area contributed by atoms with Gasteiger partial charge in [0.1, 0.15) is 15.6 Å². The molecule has 102 valence electrons. The highest BCUT2D eigenvalue weighted by atomic mass is 32.2. The fourth-order valence-electron chi connectivity index (χ4n) is 1.42. The highest BCUT2D eigenvalue weighted by Gasteiger charge is 2.27. The normalized spacial score (nSPS) is 11.5. The quantitative estimate of drug-likeness (QED) is 0.888. The summed E-state index contributed by atoms with van der Waals surface area (Å²) >= 11 is 1.77. The average molecular weight is 319 g/mol. The van der Waals surface area contributed by atoms with Crippen molar-refractivity contribution in [2.75, 3.05) is 4.72 Å². The number of carbonyl (C=O) groups is 1. The van der Waals surface area contributed by atoms with Crippen molar-refractivity contribution in [2.45, 2.75) is 18.7 Å². The van der Waals surface area contributed by atoms with E-state index >= 15 is 0 Å². The molecule has 0 radical (unpaired) electrons. The molecule has 0 aliphatic carbocycles. The van der Waals surface area contributed by atoms with Crippen LogP contribution in [0.25, 0.3) is 0 Å². The van der Waals surface area contributed by atoms with Gasteiger partial charge in [0, 0.05) is 11.5 Å². The molecule has 2 N–H and O–H groups in total. The SMILES string of the molecule is Cc1nsc(NS(=O)(=O)c2c(C)csc2C(=O)O)n1. The second kappa shape index (κ2) is 4.87. The van der Waals surface area contributed by atoms with Crippen LogP contribution >= 0.6 is 22.9 Å². The molecule has 19 heavy (non-hydrogen) atoms. The number of thiophene rings is 1. The zero-order chi connectivity index (χ0) is 14.2. The van der Waals surface area contributed by atoms with Gasteiger partial charge in [0.25, 0.3) is 10.0 Å². The molecule has 0 aromatic carbocycles. The van der Waals surface area contributed by atoms with Crippen molar-refractivity contribution in [1.29, 1.82) is 0 Å². The molecule has 2 aromatic rings. The van der Waals surface area contributed by atoms with E-state index in [-0.39, 0.29) is 14.9 Å². The van der Waals surface area contributed by atoms with Gasteiger partial charge in [-0.15, -0.1) is 11.3 Å². The summed E-state index contributed by atoms with van der Waals surface area (Å²) in [6.45, 7) is 3.18. The molecule has 10 heteroatoms. The molecule has 0 amide bonds. The lowest BCUT2D eigenvalue weighted by molar-refractivity contribution is 0.0698. The van der Waals surface area contributed by atoms with E-state index in [1.807, 2.05) is 0 Å². The largest absolute Gasteiger partial charge is 0.477 e. The fourth-order valence-corrected chi connectivity index (χ4v) is 4.85. The molecule has 0 aliphatic heterocycles. The van der Waals surface area contributed by atoms with E-state index in [0.29, 0.717) is 11.4 Å². The van der Waals surface area contributed by atoms with Crippen molar-refractivity contribution in [2.24, 2.45) is 0 Å². The number of aromatic nitrogens is 2. The van der Waals surface area contributed by atoms with Crippen LogP contribution in [0.15, 0.2) is 10.3 Å². The van der Waals surface area contributed by atoms with Crippen molar-refractivity contribution >= 4 is 44.0 Å². The van der Waals surface area contributed by atoms with Gasteiger partial charge in [0.15, 0.2) is 0 Å². The van der Waals surface area contributed by atoms with Crippen molar-refractivity contribution in [1.82, 2.24) is 9.36 Å². The number of hydrogen-bond donors (Lipinski definition) is 2. The highest BCUT2D eigenvalue weighted by Crippen LogP contribution is 2.28. The third kappa shape index (κ3) is 2.74. The summed E-state index contributed by atoms with van der Waals surface area (Å²) in [5.41, 5.74) is 0.385. The lowest BCUT2D eigenvalue weighted by Crippen LogP contribution is -2.16. The Hall–Kier alpha value is -1.52. The van der Waals surface area contributed by atoms with E-state index in [1.54, 1.807) is 13.8 Å². The monoisotopic (exact) mass is 319 g/mol. The van der Waals surface area contributed by atoms with Crippen LogP contribution in [0.2, 0.25) is 0 Å². The van der Waals surface area contributed by atoms with E-state index in [2.05, 4.69) is 14.1 Å². The minimum atomic E-state index is -3.98. The number of anilines is 1. The summed E-state index contributed by atoms with van der Waals surface area (Å²) in [6.07, 6.45) is 0. The molecular formula is C9H9N3O4S3. The molecule has 2 heterocycles. The number of hydrogen-bond acceptors (Lipinski definition) is 7. The minimum Gasteiger partial charge on any atom is -0.477 e. The Morgan fingerprint density at radius 2 is 2.11 bits per heavy atom. The van der Waals surface area contributed by atoms with E-state index < -0.39 is 16.0 Å². The van der Waals surface area contributed by atoms with Gasteiger partial charge in [0.05, 0.1) is 0 Å².